The van der Waals surface area contributed by atoms with Crippen LogP contribution in [0.5, 0.6) is 11.5 Å². The summed E-state index contributed by atoms with van der Waals surface area (Å²) >= 11 is 1.75. The molecule has 0 amide bonds. The van der Waals surface area contributed by atoms with Gasteiger partial charge in [-0.1, -0.05) is 24.3 Å². The average Bonchev–Trinajstić information content (AvgIpc) is 3.17. The topological polar surface area (TPSA) is 51.7 Å². The van der Waals surface area contributed by atoms with Crippen LogP contribution >= 0.6 is 11.3 Å². The Morgan fingerprint density at radius 3 is 2.79 bits per heavy atom. The summed E-state index contributed by atoms with van der Waals surface area (Å²) in [6, 6.07) is 12.0. The van der Waals surface area contributed by atoms with E-state index in [1.54, 1.807) is 24.5 Å². The maximum absolute atomic E-state index is 12.8. The second-order valence-electron chi connectivity index (χ2n) is 7.89. The number of piperidine rings is 1. The third kappa shape index (κ3) is 3.25. The summed E-state index contributed by atoms with van der Waals surface area (Å²) in [4.78, 5) is 20.0. The van der Waals surface area contributed by atoms with Crippen molar-refractivity contribution in [2.24, 2.45) is 0 Å². The van der Waals surface area contributed by atoms with Crippen LogP contribution in [0.4, 0.5) is 5.13 Å². The van der Waals surface area contributed by atoms with Gasteiger partial charge in [0.15, 0.2) is 10.9 Å². The molecule has 2 aromatic carbocycles. The summed E-state index contributed by atoms with van der Waals surface area (Å²) in [7, 11) is 1.61. The van der Waals surface area contributed by atoms with Gasteiger partial charge in [0.2, 0.25) is 0 Å². The second kappa shape index (κ2) is 7.02. The van der Waals surface area contributed by atoms with Gasteiger partial charge >= 0.3 is 0 Å². The first-order chi connectivity index (χ1) is 14.1. The van der Waals surface area contributed by atoms with E-state index >= 15 is 0 Å². The molecular weight excluding hydrogens is 384 g/mol. The Morgan fingerprint density at radius 1 is 1.21 bits per heavy atom. The molecule has 5 nitrogen and oxygen atoms in total. The van der Waals surface area contributed by atoms with E-state index in [1.807, 2.05) is 12.1 Å². The number of rotatable bonds is 3. The maximum atomic E-state index is 12.8. The van der Waals surface area contributed by atoms with Crippen molar-refractivity contribution in [3.8, 4) is 11.5 Å². The fourth-order valence-electron chi connectivity index (χ4n) is 4.30. The molecule has 1 saturated heterocycles. The van der Waals surface area contributed by atoms with Crippen LogP contribution < -0.4 is 14.4 Å². The van der Waals surface area contributed by atoms with Crippen LogP contribution in [0, 0.1) is 0 Å². The van der Waals surface area contributed by atoms with Crippen LogP contribution in [0.1, 0.15) is 42.1 Å². The zero-order valence-corrected chi connectivity index (χ0v) is 17.6. The van der Waals surface area contributed by atoms with Crippen LogP contribution in [-0.4, -0.2) is 36.6 Å². The number of Topliss-reactive ketones (excluding diaryl/α,β-unsaturated/α-hetero) is 1. The Bertz CT molecular complexity index is 1080. The first-order valence-corrected chi connectivity index (χ1v) is 11.0. The Labute approximate surface area is 174 Å². The Morgan fingerprint density at radius 2 is 2.03 bits per heavy atom. The van der Waals surface area contributed by atoms with E-state index in [1.165, 1.54) is 10.3 Å². The lowest BCUT2D eigenvalue weighted by Gasteiger charge is -2.43. The van der Waals surface area contributed by atoms with Crippen LogP contribution in [0.25, 0.3) is 10.2 Å². The van der Waals surface area contributed by atoms with Crippen molar-refractivity contribution in [1.82, 2.24) is 4.98 Å². The Balaban J connectivity index is 1.34. The number of aromatic nitrogens is 1. The van der Waals surface area contributed by atoms with E-state index in [4.69, 9.17) is 14.5 Å². The molecule has 1 fully saturated rings. The van der Waals surface area contributed by atoms with Crippen molar-refractivity contribution >= 4 is 32.5 Å². The zero-order valence-electron chi connectivity index (χ0n) is 16.7. The van der Waals surface area contributed by atoms with Gasteiger partial charge in [-0.3, -0.25) is 4.79 Å². The SMILES string of the molecule is CCc1ccc2nc(N3CCC4(CC3)CC(=O)c3cc(OC)ccc3O4)sc2c1. The number of carbonyl (C=O) groups is 1. The van der Waals surface area contributed by atoms with Gasteiger partial charge in [-0.2, -0.15) is 0 Å². The largest absolute Gasteiger partial charge is 0.497 e. The number of nitrogens with zero attached hydrogens (tertiary/aromatic N) is 2. The highest BCUT2D eigenvalue weighted by atomic mass is 32.1. The van der Waals surface area contributed by atoms with Gasteiger partial charge in [0, 0.05) is 25.9 Å². The molecule has 0 bridgehead atoms. The van der Waals surface area contributed by atoms with Crippen LogP contribution in [0.15, 0.2) is 36.4 Å². The van der Waals surface area contributed by atoms with Crippen LogP contribution in [-0.2, 0) is 6.42 Å². The molecule has 1 spiro atoms. The minimum absolute atomic E-state index is 0.144. The molecule has 29 heavy (non-hydrogen) atoms. The molecule has 5 rings (SSSR count). The highest BCUT2D eigenvalue weighted by Crippen LogP contribution is 2.42. The summed E-state index contributed by atoms with van der Waals surface area (Å²) in [5, 5.41) is 1.07. The van der Waals surface area contributed by atoms with Crippen molar-refractivity contribution in [1.29, 1.82) is 0 Å². The number of methoxy groups -OCH3 is 1. The number of benzene rings is 2. The molecule has 2 aliphatic heterocycles. The van der Waals surface area contributed by atoms with Crippen molar-refractivity contribution in [2.45, 2.75) is 38.2 Å². The minimum Gasteiger partial charge on any atom is -0.497 e. The summed E-state index contributed by atoms with van der Waals surface area (Å²) in [6.07, 6.45) is 3.11. The van der Waals surface area contributed by atoms with Gasteiger partial charge in [-0.25, -0.2) is 4.98 Å². The van der Waals surface area contributed by atoms with E-state index in [0.717, 1.165) is 43.0 Å². The number of carbonyl (C=O) groups excluding carboxylic acids is 1. The fourth-order valence-corrected chi connectivity index (χ4v) is 5.38. The maximum Gasteiger partial charge on any atom is 0.186 e. The predicted octanol–water partition coefficient (Wildman–Crippen LogP) is 4.87. The normalized spacial score (nSPS) is 18.0. The van der Waals surface area contributed by atoms with E-state index < -0.39 is 5.60 Å². The standard InChI is InChI=1S/C23H24N2O3S/c1-3-15-4-6-18-21(12-15)29-22(24-18)25-10-8-23(9-11-25)14-19(26)17-13-16(27-2)5-7-20(17)28-23/h4-7,12-13H,3,8-11,14H2,1-2H3. The number of ketones is 1. The van der Waals surface area contributed by atoms with Gasteiger partial charge in [0.25, 0.3) is 0 Å². The number of aryl methyl sites for hydroxylation is 1. The molecule has 150 valence electrons. The zero-order chi connectivity index (χ0) is 20.0. The quantitative estimate of drug-likeness (QED) is 0.619. The molecule has 1 aromatic heterocycles. The first kappa shape index (κ1) is 18.4. The lowest BCUT2D eigenvalue weighted by molar-refractivity contribution is 0.0231. The number of thiazole rings is 1. The number of fused-ring (bicyclic) bond motifs is 2. The van der Waals surface area contributed by atoms with Gasteiger partial charge in [0.05, 0.1) is 29.3 Å². The number of anilines is 1. The number of ether oxygens (including phenoxy) is 2. The minimum atomic E-state index is -0.402. The molecule has 3 heterocycles. The molecule has 0 N–H and O–H groups in total. The first-order valence-electron chi connectivity index (χ1n) is 10.1. The summed E-state index contributed by atoms with van der Waals surface area (Å²) in [5.74, 6) is 1.52. The van der Waals surface area contributed by atoms with Crippen LogP contribution in [0.2, 0.25) is 0 Å². The molecule has 3 aromatic rings. The average molecular weight is 409 g/mol. The molecule has 0 saturated carbocycles. The predicted molar refractivity (Wildman–Crippen MR) is 116 cm³/mol. The van der Waals surface area contributed by atoms with E-state index in [9.17, 15) is 4.79 Å². The molecule has 0 unspecified atom stereocenters. The van der Waals surface area contributed by atoms with E-state index in [0.29, 0.717) is 23.5 Å². The van der Waals surface area contributed by atoms with Crippen molar-refractivity contribution in [2.75, 3.05) is 25.1 Å². The van der Waals surface area contributed by atoms with Gasteiger partial charge in [-0.05, 0) is 42.3 Å². The molecule has 0 aliphatic carbocycles. The summed E-state index contributed by atoms with van der Waals surface area (Å²) < 4.78 is 12.9. The van der Waals surface area contributed by atoms with Crippen molar-refractivity contribution in [3.05, 3.63) is 47.5 Å². The van der Waals surface area contributed by atoms with E-state index in [-0.39, 0.29) is 5.78 Å². The number of hydrogen-bond donors (Lipinski definition) is 0. The molecule has 0 atom stereocenters. The van der Waals surface area contributed by atoms with Crippen molar-refractivity contribution in [3.63, 3.8) is 0 Å². The monoisotopic (exact) mass is 408 g/mol. The lowest BCUT2D eigenvalue weighted by Crippen LogP contribution is -2.51. The Hall–Kier alpha value is -2.60. The molecule has 6 heteroatoms. The van der Waals surface area contributed by atoms with Gasteiger partial charge < -0.3 is 14.4 Å². The highest BCUT2D eigenvalue weighted by molar-refractivity contribution is 7.22. The molecule has 0 radical (unpaired) electrons. The summed E-state index contributed by atoms with van der Waals surface area (Å²) in [6.45, 7) is 3.87. The highest BCUT2D eigenvalue weighted by Gasteiger charge is 2.43. The Kier molecular flexibility index (Phi) is 4.46. The van der Waals surface area contributed by atoms with Crippen LogP contribution in [0.3, 0.4) is 0 Å². The molecular formula is C23H24N2O3S. The third-order valence-electron chi connectivity index (χ3n) is 6.09. The smallest absolute Gasteiger partial charge is 0.186 e. The van der Waals surface area contributed by atoms with Crippen molar-refractivity contribution < 1.29 is 14.3 Å². The summed E-state index contributed by atoms with van der Waals surface area (Å²) in [5.41, 5.74) is 2.64. The fraction of sp³-hybridized carbons (Fsp3) is 0.391. The van der Waals surface area contributed by atoms with Gasteiger partial charge in [0.1, 0.15) is 17.1 Å². The lowest BCUT2D eigenvalue weighted by atomic mass is 9.82. The third-order valence-corrected chi connectivity index (χ3v) is 7.17. The van der Waals surface area contributed by atoms with Gasteiger partial charge in [-0.15, -0.1) is 0 Å². The molecule has 2 aliphatic rings. The second-order valence-corrected chi connectivity index (χ2v) is 8.90. The van der Waals surface area contributed by atoms with E-state index in [2.05, 4.69) is 30.0 Å². The number of hydrogen-bond acceptors (Lipinski definition) is 6.